The topological polar surface area (TPSA) is 52.7 Å². The van der Waals surface area contributed by atoms with E-state index < -0.39 is 0 Å². The monoisotopic (exact) mass is 258 g/mol. The van der Waals surface area contributed by atoms with Gasteiger partial charge in [-0.15, -0.1) is 0 Å². The van der Waals surface area contributed by atoms with Crippen LogP contribution in [0, 0.1) is 0 Å². The van der Waals surface area contributed by atoms with Gasteiger partial charge in [0.2, 0.25) is 0 Å². The van der Waals surface area contributed by atoms with Crippen molar-refractivity contribution >= 4 is 23.2 Å². The molecule has 0 unspecified atom stereocenters. The van der Waals surface area contributed by atoms with Crippen LogP contribution in [0.1, 0.15) is 0 Å². The van der Waals surface area contributed by atoms with Gasteiger partial charge < -0.3 is 4.57 Å². The van der Waals surface area contributed by atoms with Crippen LogP contribution in [0.2, 0.25) is 10.2 Å². The molecule has 84 valence electrons. The summed E-state index contributed by atoms with van der Waals surface area (Å²) in [4.78, 5) is 19.3. The number of rotatable bonds is 3. The minimum atomic E-state index is -0.332. The molecule has 0 saturated carbocycles. The van der Waals surface area contributed by atoms with Gasteiger partial charge in [-0.2, -0.15) is 0 Å². The fourth-order valence-corrected chi connectivity index (χ4v) is 1.53. The molecule has 0 fully saturated rings. The van der Waals surface area contributed by atoms with Crippen molar-refractivity contribution in [3.05, 3.63) is 45.6 Å². The molecule has 2 rings (SSSR count). The third-order valence-corrected chi connectivity index (χ3v) is 2.82. The number of hydrogen-bond donors (Lipinski definition) is 0. The molecule has 0 atom stereocenters. The summed E-state index contributed by atoms with van der Waals surface area (Å²) in [6.45, 7) is 1.10. The Bertz CT molecular complexity index is 535. The van der Waals surface area contributed by atoms with Crippen molar-refractivity contribution in [1.82, 2.24) is 19.1 Å². The predicted molar refractivity (Wildman–Crippen MR) is 60.7 cm³/mol. The quantitative estimate of drug-likeness (QED) is 0.784. The normalized spacial score (nSPS) is 10.6. The van der Waals surface area contributed by atoms with Gasteiger partial charge in [-0.3, -0.25) is 9.36 Å². The van der Waals surface area contributed by atoms with Crippen LogP contribution in [0.3, 0.4) is 0 Å². The summed E-state index contributed by atoms with van der Waals surface area (Å²) >= 11 is 11.3. The highest BCUT2D eigenvalue weighted by atomic mass is 35.5. The number of imidazole rings is 1. The Morgan fingerprint density at radius 3 is 2.75 bits per heavy atom. The Morgan fingerprint density at radius 2 is 2.06 bits per heavy atom. The molecule has 2 aromatic rings. The zero-order valence-electron chi connectivity index (χ0n) is 8.18. The van der Waals surface area contributed by atoms with E-state index in [-0.39, 0.29) is 15.7 Å². The van der Waals surface area contributed by atoms with E-state index in [1.54, 1.807) is 12.5 Å². The van der Waals surface area contributed by atoms with E-state index in [2.05, 4.69) is 9.97 Å². The van der Waals surface area contributed by atoms with Crippen molar-refractivity contribution in [2.24, 2.45) is 0 Å². The lowest BCUT2D eigenvalue weighted by atomic mass is 10.5. The molecule has 16 heavy (non-hydrogen) atoms. The van der Waals surface area contributed by atoms with Crippen molar-refractivity contribution in [2.75, 3.05) is 0 Å². The summed E-state index contributed by atoms with van der Waals surface area (Å²) < 4.78 is 3.27. The molecule has 2 aromatic heterocycles. The molecule has 0 aromatic carbocycles. The van der Waals surface area contributed by atoms with Crippen LogP contribution in [0.4, 0.5) is 0 Å². The molecule has 0 aliphatic rings. The molecule has 0 aliphatic heterocycles. The Morgan fingerprint density at radius 1 is 1.25 bits per heavy atom. The van der Waals surface area contributed by atoms with E-state index in [1.807, 2.05) is 10.8 Å². The lowest BCUT2D eigenvalue weighted by Gasteiger charge is -2.06. The summed E-state index contributed by atoms with van der Waals surface area (Å²) in [5, 5.41) is -0.0136. The first-order valence-corrected chi connectivity index (χ1v) is 5.30. The van der Waals surface area contributed by atoms with Gasteiger partial charge in [-0.25, -0.2) is 9.97 Å². The minimum Gasteiger partial charge on any atom is -0.336 e. The second-order valence-corrected chi connectivity index (χ2v) is 3.88. The third-order valence-electron chi connectivity index (χ3n) is 2.10. The molecule has 0 radical (unpaired) electrons. The van der Waals surface area contributed by atoms with E-state index in [1.165, 1.54) is 10.9 Å². The highest BCUT2D eigenvalue weighted by Crippen LogP contribution is 2.12. The van der Waals surface area contributed by atoms with Crippen molar-refractivity contribution in [2.45, 2.75) is 13.1 Å². The molecule has 2 heterocycles. The molecule has 0 amide bonds. The van der Waals surface area contributed by atoms with Crippen LogP contribution >= 0.6 is 23.2 Å². The SMILES string of the molecule is O=c1c(Cl)c(Cl)ncn1CCn1ccnc1. The van der Waals surface area contributed by atoms with E-state index in [9.17, 15) is 4.79 Å². The lowest BCUT2D eigenvalue weighted by Crippen LogP contribution is -2.23. The first-order chi connectivity index (χ1) is 7.68. The Balaban J connectivity index is 2.17. The molecule has 0 saturated heterocycles. The fraction of sp³-hybridized carbons (Fsp3) is 0.222. The van der Waals surface area contributed by atoms with Crippen LogP contribution in [0.15, 0.2) is 29.8 Å². The van der Waals surface area contributed by atoms with Crippen molar-refractivity contribution in [3.8, 4) is 0 Å². The van der Waals surface area contributed by atoms with Gasteiger partial charge in [0, 0.05) is 25.5 Å². The number of aromatic nitrogens is 4. The Labute approximate surface area is 101 Å². The van der Waals surface area contributed by atoms with Gasteiger partial charge in [0.1, 0.15) is 5.02 Å². The molecular weight excluding hydrogens is 251 g/mol. The second-order valence-electron chi connectivity index (χ2n) is 3.15. The minimum absolute atomic E-state index is 0.0329. The summed E-state index contributed by atoms with van der Waals surface area (Å²) in [5.41, 5.74) is -0.332. The maximum Gasteiger partial charge on any atom is 0.273 e. The van der Waals surface area contributed by atoms with Crippen LogP contribution in [-0.4, -0.2) is 19.1 Å². The Hall–Kier alpha value is -1.33. The zero-order chi connectivity index (χ0) is 11.5. The average molecular weight is 259 g/mol. The van der Waals surface area contributed by atoms with Gasteiger partial charge in [-0.05, 0) is 0 Å². The van der Waals surface area contributed by atoms with E-state index in [4.69, 9.17) is 23.2 Å². The number of nitrogens with zero attached hydrogens (tertiary/aromatic N) is 4. The van der Waals surface area contributed by atoms with Gasteiger partial charge in [-0.1, -0.05) is 23.2 Å². The molecule has 5 nitrogen and oxygen atoms in total. The van der Waals surface area contributed by atoms with Gasteiger partial charge in [0.15, 0.2) is 5.15 Å². The highest BCUT2D eigenvalue weighted by molar-refractivity contribution is 6.40. The molecule has 7 heteroatoms. The summed E-state index contributed by atoms with van der Waals surface area (Å²) in [7, 11) is 0. The number of aryl methyl sites for hydroxylation is 2. The first-order valence-electron chi connectivity index (χ1n) is 4.54. The van der Waals surface area contributed by atoms with Gasteiger partial charge >= 0.3 is 0 Å². The van der Waals surface area contributed by atoms with Crippen molar-refractivity contribution in [3.63, 3.8) is 0 Å². The first kappa shape index (κ1) is 11.2. The third kappa shape index (κ3) is 2.25. The van der Waals surface area contributed by atoms with Crippen LogP contribution in [-0.2, 0) is 13.1 Å². The summed E-state index contributed by atoms with van der Waals surface area (Å²) in [6.07, 6.45) is 6.55. The van der Waals surface area contributed by atoms with Crippen LogP contribution in [0.25, 0.3) is 0 Å². The highest BCUT2D eigenvalue weighted by Gasteiger charge is 2.06. The largest absolute Gasteiger partial charge is 0.336 e. The van der Waals surface area contributed by atoms with Gasteiger partial charge in [0.05, 0.1) is 12.7 Å². The number of hydrogen-bond acceptors (Lipinski definition) is 3. The fourth-order valence-electron chi connectivity index (χ4n) is 1.25. The van der Waals surface area contributed by atoms with E-state index in [0.29, 0.717) is 13.1 Å². The zero-order valence-corrected chi connectivity index (χ0v) is 9.69. The summed E-state index contributed by atoms with van der Waals surface area (Å²) in [6, 6.07) is 0. The molecule has 0 spiro atoms. The molecule has 0 N–H and O–H groups in total. The predicted octanol–water partition coefficient (Wildman–Crippen LogP) is 1.45. The molecular formula is C9H8Cl2N4O. The maximum absolute atomic E-state index is 11.6. The standard InChI is InChI=1S/C9H8Cl2N4O/c10-7-8(11)13-6-15(9(7)16)4-3-14-2-1-12-5-14/h1-2,5-6H,3-4H2. The lowest BCUT2D eigenvalue weighted by molar-refractivity contribution is 0.558. The van der Waals surface area contributed by atoms with E-state index >= 15 is 0 Å². The van der Waals surface area contributed by atoms with Crippen molar-refractivity contribution in [1.29, 1.82) is 0 Å². The molecule has 0 aliphatic carbocycles. The maximum atomic E-state index is 11.6. The molecule has 0 bridgehead atoms. The second kappa shape index (κ2) is 4.67. The van der Waals surface area contributed by atoms with Crippen molar-refractivity contribution < 1.29 is 0 Å². The summed E-state index contributed by atoms with van der Waals surface area (Å²) in [5.74, 6) is 0. The van der Waals surface area contributed by atoms with E-state index in [0.717, 1.165) is 0 Å². The van der Waals surface area contributed by atoms with Crippen LogP contribution < -0.4 is 5.56 Å². The van der Waals surface area contributed by atoms with Gasteiger partial charge in [0.25, 0.3) is 5.56 Å². The van der Waals surface area contributed by atoms with Crippen LogP contribution in [0.5, 0.6) is 0 Å². The number of halogens is 2. The Kier molecular flexibility index (Phi) is 3.26. The smallest absolute Gasteiger partial charge is 0.273 e. The average Bonchev–Trinajstić information content (AvgIpc) is 2.78.